The predicted molar refractivity (Wildman–Crippen MR) is 93.0 cm³/mol. The van der Waals surface area contributed by atoms with Crippen LogP contribution in [-0.2, 0) is 9.53 Å². The molecule has 2 aromatic rings. The van der Waals surface area contributed by atoms with Crippen molar-refractivity contribution in [3.05, 3.63) is 65.7 Å². The van der Waals surface area contributed by atoms with E-state index in [-0.39, 0.29) is 24.7 Å². The average Bonchev–Trinajstić information content (AvgIpc) is 2.62. The van der Waals surface area contributed by atoms with Gasteiger partial charge in [0.2, 0.25) is 0 Å². The number of amides is 1. The van der Waals surface area contributed by atoms with Crippen molar-refractivity contribution < 1.29 is 14.3 Å². The minimum absolute atomic E-state index is 0.00712. The van der Waals surface area contributed by atoms with Crippen molar-refractivity contribution in [1.82, 2.24) is 4.90 Å². The van der Waals surface area contributed by atoms with Gasteiger partial charge in [0.25, 0.3) is 5.91 Å². The molecule has 0 saturated carbocycles. The number of morpholine rings is 1. The molecule has 2 atom stereocenters. The van der Waals surface area contributed by atoms with Crippen LogP contribution in [0.1, 0.15) is 24.2 Å². The Labute approximate surface area is 143 Å². The maximum absolute atomic E-state index is 12.6. The smallest absolute Gasteiger partial charge is 0.260 e. The number of benzene rings is 2. The SMILES string of the molecule is Cc1ccc(OCC(=O)N2CCOC(c3ccccc3)C2C)cc1. The summed E-state index contributed by atoms with van der Waals surface area (Å²) in [5.41, 5.74) is 2.27. The lowest BCUT2D eigenvalue weighted by atomic mass is 10.0. The first kappa shape index (κ1) is 16.5. The highest BCUT2D eigenvalue weighted by Gasteiger charge is 2.32. The molecule has 3 rings (SSSR count). The second kappa shape index (κ2) is 7.49. The number of carbonyl (C=O) groups excluding carboxylic acids is 1. The van der Waals surface area contributed by atoms with Crippen molar-refractivity contribution in [3.63, 3.8) is 0 Å². The molecule has 4 nitrogen and oxygen atoms in total. The van der Waals surface area contributed by atoms with Gasteiger partial charge in [-0.1, -0.05) is 48.0 Å². The summed E-state index contributed by atoms with van der Waals surface area (Å²) in [7, 11) is 0. The minimum Gasteiger partial charge on any atom is -0.484 e. The van der Waals surface area contributed by atoms with Gasteiger partial charge in [0.05, 0.1) is 12.6 Å². The van der Waals surface area contributed by atoms with Crippen molar-refractivity contribution in [2.45, 2.75) is 26.0 Å². The van der Waals surface area contributed by atoms with E-state index in [1.165, 1.54) is 5.56 Å². The number of hydrogen-bond donors (Lipinski definition) is 0. The molecule has 1 amide bonds. The summed E-state index contributed by atoms with van der Waals surface area (Å²) in [5.74, 6) is 0.710. The third-order valence-electron chi connectivity index (χ3n) is 4.39. The lowest BCUT2D eigenvalue weighted by molar-refractivity contribution is -0.147. The summed E-state index contributed by atoms with van der Waals surface area (Å²) in [4.78, 5) is 14.4. The van der Waals surface area contributed by atoms with Crippen molar-refractivity contribution >= 4 is 5.91 Å². The second-order valence-electron chi connectivity index (χ2n) is 6.13. The number of carbonyl (C=O) groups is 1. The van der Waals surface area contributed by atoms with Gasteiger partial charge < -0.3 is 14.4 Å². The highest BCUT2D eigenvalue weighted by molar-refractivity contribution is 5.78. The molecule has 1 saturated heterocycles. The Morgan fingerprint density at radius 1 is 1.17 bits per heavy atom. The Kier molecular flexibility index (Phi) is 5.16. The molecule has 0 aromatic heterocycles. The molecule has 4 heteroatoms. The molecule has 0 spiro atoms. The predicted octanol–water partition coefficient (Wildman–Crippen LogP) is 3.36. The Hall–Kier alpha value is -2.33. The lowest BCUT2D eigenvalue weighted by Crippen LogP contribution is -2.50. The first-order chi connectivity index (χ1) is 11.6. The van der Waals surface area contributed by atoms with Crippen LogP contribution in [0, 0.1) is 6.92 Å². The topological polar surface area (TPSA) is 38.8 Å². The van der Waals surface area contributed by atoms with Crippen LogP contribution in [-0.4, -0.2) is 36.6 Å². The van der Waals surface area contributed by atoms with Crippen LogP contribution >= 0.6 is 0 Å². The van der Waals surface area contributed by atoms with Crippen LogP contribution in [0.4, 0.5) is 0 Å². The normalized spacial score (nSPS) is 20.7. The Bertz CT molecular complexity index is 669. The Morgan fingerprint density at radius 3 is 2.58 bits per heavy atom. The van der Waals surface area contributed by atoms with Gasteiger partial charge in [0, 0.05) is 6.54 Å². The quantitative estimate of drug-likeness (QED) is 0.865. The van der Waals surface area contributed by atoms with E-state index in [1.807, 2.05) is 73.3 Å². The van der Waals surface area contributed by atoms with E-state index >= 15 is 0 Å². The first-order valence-corrected chi connectivity index (χ1v) is 8.30. The van der Waals surface area contributed by atoms with Crippen molar-refractivity contribution in [1.29, 1.82) is 0 Å². The van der Waals surface area contributed by atoms with Gasteiger partial charge in [-0.25, -0.2) is 0 Å². The summed E-state index contributed by atoms with van der Waals surface area (Å²) >= 11 is 0. The maximum atomic E-state index is 12.6. The number of nitrogens with zero attached hydrogens (tertiary/aromatic N) is 1. The van der Waals surface area contributed by atoms with Gasteiger partial charge in [-0.2, -0.15) is 0 Å². The Morgan fingerprint density at radius 2 is 1.88 bits per heavy atom. The number of aryl methyl sites for hydroxylation is 1. The molecule has 0 bridgehead atoms. The summed E-state index contributed by atoms with van der Waals surface area (Å²) in [6.07, 6.45) is -0.0942. The van der Waals surface area contributed by atoms with Gasteiger partial charge in [0.15, 0.2) is 6.61 Å². The molecular weight excluding hydrogens is 302 g/mol. The standard InChI is InChI=1S/C20H23NO3/c1-15-8-10-18(11-9-15)24-14-19(22)21-12-13-23-20(16(21)2)17-6-4-3-5-7-17/h3-11,16,20H,12-14H2,1-2H3. The molecule has 1 fully saturated rings. The summed E-state index contributed by atoms with van der Waals surface area (Å²) < 4.78 is 11.5. The molecule has 126 valence electrons. The van der Waals surface area contributed by atoms with Gasteiger partial charge in [-0.05, 0) is 31.5 Å². The van der Waals surface area contributed by atoms with Crippen molar-refractivity contribution in [2.24, 2.45) is 0 Å². The van der Waals surface area contributed by atoms with E-state index in [0.29, 0.717) is 13.2 Å². The molecular formula is C20H23NO3. The van der Waals surface area contributed by atoms with Gasteiger partial charge in [-0.15, -0.1) is 0 Å². The minimum atomic E-state index is -0.0942. The van der Waals surface area contributed by atoms with Crippen molar-refractivity contribution in [3.8, 4) is 5.75 Å². The third kappa shape index (κ3) is 3.77. The van der Waals surface area contributed by atoms with Crippen LogP contribution in [0.5, 0.6) is 5.75 Å². The molecule has 1 aliphatic rings. The van der Waals surface area contributed by atoms with Crippen molar-refractivity contribution in [2.75, 3.05) is 19.8 Å². The summed E-state index contributed by atoms with van der Waals surface area (Å²) in [6.45, 7) is 5.24. The molecule has 0 radical (unpaired) electrons. The number of hydrogen-bond acceptors (Lipinski definition) is 3. The summed E-state index contributed by atoms with van der Waals surface area (Å²) in [6, 6.07) is 17.8. The second-order valence-corrected chi connectivity index (χ2v) is 6.13. The highest BCUT2D eigenvalue weighted by atomic mass is 16.5. The van der Waals surface area contributed by atoms with E-state index in [0.717, 1.165) is 11.3 Å². The van der Waals surface area contributed by atoms with Gasteiger partial charge in [-0.3, -0.25) is 4.79 Å². The molecule has 1 heterocycles. The first-order valence-electron chi connectivity index (χ1n) is 8.30. The van der Waals surface area contributed by atoms with Crippen LogP contribution in [0.25, 0.3) is 0 Å². The van der Waals surface area contributed by atoms with E-state index in [4.69, 9.17) is 9.47 Å². The van der Waals surface area contributed by atoms with Crippen LogP contribution in [0.2, 0.25) is 0 Å². The van der Waals surface area contributed by atoms with Gasteiger partial charge >= 0.3 is 0 Å². The lowest BCUT2D eigenvalue weighted by Gasteiger charge is -2.39. The molecule has 2 aromatic carbocycles. The van der Waals surface area contributed by atoms with E-state index in [2.05, 4.69) is 0 Å². The number of rotatable bonds is 4. The Balaban J connectivity index is 1.62. The zero-order valence-electron chi connectivity index (χ0n) is 14.1. The van der Waals surface area contributed by atoms with E-state index < -0.39 is 0 Å². The molecule has 2 unspecified atom stereocenters. The molecule has 24 heavy (non-hydrogen) atoms. The highest BCUT2D eigenvalue weighted by Crippen LogP contribution is 2.28. The monoisotopic (exact) mass is 325 g/mol. The van der Waals surface area contributed by atoms with E-state index in [1.54, 1.807) is 0 Å². The van der Waals surface area contributed by atoms with Gasteiger partial charge in [0.1, 0.15) is 11.9 Å². The number of ether oxygens (including phenoxy) is 2. The van der Waals surface area contributed by atoms with Crippen LogP contribution in [0.3, 0.4) is 0 Å². The maximum Gasteiger partial charge on any atom is 0.260 e. The van der Waals surface area contributed by atoms with Crippen LogP contribution < -0.4 is 4.74 Å². The molecule has 0 N–H and O–H groups in total. The average molecular weight is 325 g/mol. The summed E-state index contributed by atoms with van der Waals surface area (Å²) in [5, 5.41) is 0. The third-order valence-corrected chi connectivity index (χ3v) is 4.39. The fourth-order valence-electron chi connectivity index (χ4n) is 3.02. The zero-order chi connectivity index (χ0) is 16.9. The van der Waals surface area contributed by atoms with Crippen LogP contribution in [0.15, 0.2) is 54.6 Å². The largest absolute Gasteiger partial charge is 0.484 e. The molecule has 0 aliphatic carbocycles. The fraction of sp³-hybridized carbons (Fsp3) is 0.350. The molecule has 1 aliphatic heterocycles. The fourth-order valence-corrected chi connectivity index (χ4v) is 3.02. The van der Waals surface area contributed by atoms with E-state index in [9.17, 15) is 4.79 Å². The zero-order valence-corrected chi connectivity index (χ0v) is 14.1.